The van der Waals surface area contributed by atoms with E-state index in [1.54, 1.807) is 0 Å². The molecule has 2 aliphatic rings. The quantitative estimate of drug-likeness (QED) is 0.577. The van der Waals surface area contributed by atoms with Crippen molar-refractivity contribution in [3.63, 3.8) is 0 Å². The van der Waals surface area contributed by atoms with E-state index in [0.29, 0.717) is 26.1 Å². The lowest BCUT2D eigenvalue weighted by atomic mass is 9.85. The van der Waals surface area contributed by atoms with Gasteiger partial charge in [-0.3, -0.25) is 19.4 Å². The molecule has 2 rings (SSSR count). The summed E-state index contributed by atoms with van der Waals surface area (Å²) in [6.45, 7) is 7.46. The molecule has 0 spiro atoms. The SMILES string of the molecule is CCN(CC(=O)O)C1CC(NC(=O)N2CCN(CCC(=O)OC)CC2C)C1. The van der Waals surface area contributed by atoms with Gasteiger partial charge in [-0.05, 0) is 26.3 Å². The molecule has 0 aromatic heterocycles. The Kier molecular flexibility index (Phi) is 7.85. The first-order chi connectivity index (χ1) is 12.8. The van der Waals surface area contributed by atoms with Gasteiger partial charge in [-0.25, -0.2) is 4.79 Å². The molecule has 2 amide bonds. The fraction of sp³-hybridized carbons (Fsp3) is 0.833. The van der Waals surface area contributed by atoms with E-state index in [1.165, 1.54) is 7.11 Å². The first-order valence-electron chi connectivity index (χ1n) is 9.66. The molecule has 27 heavy (non-hydrogen) atoms. The number of hydrogen-bond acceptors (Lipinski definition) is 6. The van der Waals surface area contributed by atoms with Crippen molar-refractivity contribution in [3.05, 3.63) is 0 Å². The third-order valence-electron chi connectivity index (χ3n) is 5.53. The van der Waals surface area contributed by atoms with Crippen LogP contribution in [-0.2, 0) is 14.3 Å². The van der Waals surface area contributed by atoms with E-state index in [1.807, 2.05) is 23.6 Å². The highest BCUT2D eigenvalue weighted by Gasteiger charge is 2.36. The van der Waals surface area contributed by atoms with E-state index in [-0.39, 0.29) is 36.7 Å². The average Bonchev–Trinajstić information content (AvgIpc) is 2.60. The number of ether oxygens (including phenoxy) is 1. The number of carbonyl (C=O) groups is 3. The van der Waals surface area contributed by atoms with Gasteiger partial charge < -0.3 is 20.1 Å². The first-order valence-corrected chi connectivity index (χ1v) is 9.66. The lowest BCUT2D eigenvalue weighted by Gasteiger charge is -2.44. The highest BCUT2D eigenvalue weighted by molar-refractivity contribution is 5.75. The second-order valence-corrected chi connectivity index (χ2v) is 7.40. The Bertz CT molecular complexity index is 538. The van der Waals surface area contributed by atoms with Gasteiger partial charge in [0, 0.05) is 44.3 Å². The maximum Gasteiger partial charge on any atom is 0.317 e. The van der Waals surface area contributed by atoms with Crippen LogP contribution in [0.2, 0.25) is 0 Å². The summed E-state index contributed by atoms with van der Waals surface area (Å²) >= 11 is 0. The van der Waals surface area contributed by atoms with Crippen LogP contribution in [0.15, 0.2) is 0 Å². The van der Waals surface area contributed by atoms with Crippen molar-refractivity contribution in [2.75, 3.05) is 46.4 Å². The topological polar surface area (TPSA) is 102 Å². The van der Waals surface area contributed by atoms with Crippen LogP contribution in [0.5, 0.6) is 0 Å². The Hall–Kier alpha value is -1.87. The smallest absolute Gasteiger partial charge is 0.317 e. The third kappa shape index (κ3) is 6.07. The molecule has 0 bridgehead atoms. The number of rotatable bonds is 8. The Morgan fingerprint density at radius 3 is 2.52 bits per heavy atom. The second kappa shape index (κ2) is 9.89. The van der Waals surface area contributed by atoms with Gasteiger partial charge in [0.15, 0.2) is 0 Å². The van der Waals surface area contributed by atoms with Gasteiger partial charge in [0.25, 0.3) is 0 Å². The number of methoxy groups -OCH3 is 1. The maximum absolute atomic E-state index is 12.6. The number of aliphatic carboxylic acids is 1. The molecular formula is C18H32N4O5. The van der Waals surface area contributed by atoms with E-state index >= 15 is 0 Å². The number of esters is 1. The van der Waals surface area contributed by atoms with Gasteiger partial charge in [0.2, 0.25) is 0 Å². The van der Waals surface area contributed by atoms with E-state index in [9.17, 15) is 14.4 Å². The Morgan fingerprint density at radius 2 is 1.96 bits per heavy atom. The number of urea groups is 1. The van der Waals surface area contributed by atoms with Gasteiger partial charge in [-0.1, -0.05) is 6.92 Å². The number of nitrogens with zero attached hydrogens (tertiary/aromatic N) is 3. The number of carbonyl (C=O) groups excluding carboxylic acids is 2. The zero-order valence-electron chi connectivity index (χ0n) is 16.5. The molecule has 2 N–H and O–H groups in total. The minimum absolute atomic E-state index is 0.0480. The molecule has 0 aromatic rings. The van der Waals surface area contributed by atoms with Crippen molar-refractivity contribution in [2.24, 2.45) is 0 Å². The summed E-state index contributed by atoms with van der Waals surface area (Å²) in [5.41, 5.74) is 0. The summed E-state index contributed by atoms with van der Waals surface area (Å²) in [4.78, 5) is 40.7. The molecule has 1 atom stereocenters. The maximum atomic E-state index is 12.6. The van der Waals surface area contributed by atoms with Crippen molar-refractivity contribution < 1.29 is 24.2 Å². The van der Waals surface area contributed by atoms with Gasteiger partial charge in [0.05, 0.1) is 20.1 Å². The van der Waals surface area contributed by atoms with Crippen LogP contribution in [0.3, 0.4) is 0 Å². The Balaban J connectivity index is 1.71. The second-order valence-electron chi connectivity index (χ2n) is 7.40. The van der Waals surface area contributed by atoms with E-state index in [2.05, 4.69) is 15.0 Å². The molecule has 0 radical (unpaired) electrons. The summed E-state index contributed by atoms with van der Waals surface area (Å²) in [5, 5.41) is 12.0. The first kappa shape index (κ1) is 21.4. The Morgan fingerprint density at radius 1 is 1.26 bits per heavy atom. The van der Waals surface area contributed by atoms with Crippen molar-refractivity contribution in [1.29, 1.82) is 0 Å². The normalized spacial score (nSPS) is 25.8. The number of amides is 2. The van der Waals surface area contributed by atoms with Gasteiger partial charge in [0.1, 0.15) is 0 Å². The van der Waals surface area contributed by atoms with Gasteiger partial charge in [-0.15, -0.1) is 0 Å². The zero-order chi connectivity index (χ0) is 20.0. The van der Waals surface area contributed by atoms with E-state index in [0.717, 1.165) is 25.9 Å². The van der Waals surface area contributed by atoms with Crippen molar-refractivity contribution in [3.8, 4) is 0 Å². The molecule has 1 saturated heterocycles. The van der Waals surface area contributed by atoms with Crippen LogP contribution in [0.25, 0.3) is 0 Å². The van der Waals surface area contributed by atoms with Crippen LogP contribution in [0, 0.1) is 0 Å². The third-order valence-corrected chi connectivity index (χ3v) is 5.53. The fourth-order valence-corrected chi connectivity index (χ4v) is 3.82. The summed E-state index contributed by atoms with van der Waals surface area (Å²) in [6, 6.07) is 0.352. The van der Waals surface area contributed by atoms with Crippen molar-refractivity contribution >= 4 is 18.0 Å². The number of hydrogen-bond donors (Lipinski definition) is 2. The van der Waals surface area contributed by atoms with E-state index in [4.69, 9.17) is 5.11 Å². The van der Waals surface area contributed by atoms with Crippen LogP contribution >= 0.6 is 0 Å². The molecule has 9 nitrogen and oxygen atoms in total. The summed E-state index contributed by atoms with van der Waals surface area (Å²) < 4.78 is 4.67. The minimum atomic E-state index is -0.816. The standard InChI is InChI=1S/C18H32N4O5/c1-4-21(12-16(23)24)15-9-14(10-15)19-18(26)22-8-7-20(11-13(22)2)6-5-17(25)27-3/h13-15H,4-12H2,1-3H3,(H,19,26)(H,23,24). The van der Waals surface area contributed by atoms with Crippen LogP contribution in [-0.4, -0.2) is 102 Å². The van der Waals surface area contributed by atoms with Crippen molar-refractivity contribution in [1.82, 2.24) is 20.0 Å². The van der Waals surface area contributed by atoms with Gasteiger partial charge >= 0.3 is 18.0 Å². The fourth-order valence-electron chi connectivity index (χ4n) is 3.82. The minimum Gasteiger partial charge on any atom is -0.480 e. The number of carboxylic acids is 1. The highest BCUT2D eigenvalue weighted by atomic mass is 16.5. The lowest BCUT2D eigenvalue weighted by Crippen LogP contribution is -2.61. The zero-order valence-corrected chi connectivity index (χ0v) is 16.5. The monoisotopic (exact) mass is 384 g/mol. The Labute approximate surface area is 160 Å². The molecule has 1 saturated carbocycles. The molecule has 1 aliphatic carbocycles. The van der Waals surface area contributed by atoms with E-state index < -0.39 is 5.97 Å². The predicted octanol–water partition coefficient (Wildman–Crippen LogP) is 0.203. The summed E-state index contributed by atoms with van der Waals surface area (Å²) in [6.07, 6.45) is 1.95. The molecular weight excluding hydrogens is 352 g/mol. The molecule has 1 unspecified atom stereocenters. The molecule has 1 heterocycles. The van der Waals surface area contributed by atoms with Crippen LogP contribution < -0.4 is 5.32 Å². The highest BCUT2D eigenvalue weighted by Crippen LogP contribution is 2.26. The summed E-state index contributed by atoms with van der Waals surface area (Å²) in [5.74, 6) is -1.03. The van der Waals surface area contributed by atoms with Crippen LogP contribution in [0.1, 0.15) is 33.1 Å². The molecule has 9 heteroatoms. The number of piperazine rings is 1. The van der Waals surface area contributed by atoms with Crippen molar-refractivity contribution in [2.45, 2.75) is 51.2 Å². The number of nitrogens with one attached hydrogen (secondary N) is 1. The number of carboxylic acid groups (broad SMARTS) is 1. The summed E-state index contributed by atoms with van der Waals surface area (Å²) in [7, 11) is 1.39. The average molecular weight is 384 g/mol. The lowest BCUT2D eigenvalue weighted by molar-refractivity contribution is -0.141. The molecule has 0 aromatic carbocycles. The number of likely N-dealkylation sites (N-methyl/N-ethyl adjacent to an activating group) is 1. The molecule has 2 fully saturated rings. The van der Waals surface area contributed by atoms with Crippen LogP contribution in [0.4, 0.5) is 4.79 Å². The molecule has 1 aliphatic heterocycles. The molecule has 154 valence electrons. The largest absolute Gasteiger partial charge is 0.480 e. The van der Waals surface area contributed by atoms with Gasteiger partial charge in [-0.2, -0.15) is 0 Å². The predicted molar refractivity (Wildman–Crippen MR) is 99.5 cm³/mol.